The van der Waals surface area contributed by atoms with E-state index < -0.39 is 0 Å². The van der Waals surface area contributed by atoms with Crippen LogP contribution in [0.4, 0.5) is 0 Å². The van der Waals surface area contributed by atoms with Crippen molar-refractivity contribution in [1.29, 1.82) is 0 Å². The Balaban J connectivity index is 1.99. The minimum Gasteiger partial charge on any atom is -0.380 e. The standard InChI is InChI=1S/C17H25NO2/c1-12-5-6-15(9-14(12)3)16(19)10-18-8-7-13(2)17(11-18)20-4/h5-6,9,13,17H,7-8,10-11H2,1-4H3. The highest BCUT2D eigenvalue weighted by atomic mass is 16.5. The molecule has 0 spiro atoms. The molecule has 0 N–H and O–H groups in total. The zero-order valence-corrected chi connectivity index (χ0v) is 13.0. The number of methoxy groups -OCH3 is 1. The number of hydrogen-bond donors (Lipinski definition) is 0. The van der Waals surface area contributed by atoms with Crippen LogP contribution in [0.15, 0.2) is 18.2 Å². The number of piperidine rings is 1. The molecule has 0 aromatic heterocycles. The zero-order valence-electron chi connectivity index (χ0n) is 13.0. The van der Waals surface area contributed by atoms with Crippen LogP contribution in [0.5, 0.6) is 0 Å². The number of hydrogen-bond acceptors (Lipinski definition) is 3. The number of aryl methyl sites for hydroxylation is 2. The lowest BCUT2D eigenvalue weighted by atomic mass is 9.95. The zero-order chi connectivity index (χ0) is 14.7. The third-order valence-electron chi connectivity index (χ3n) is 4.47. The molecule has 0 saturated carbocycles. The van der Waals surface area contributed by atoms with Gasteiger partial charge in [-0.3, -0.25) is 9.69 Å². The van der Waals surface area contributed by atoms with Crippen LogP contribution in [0.3, 0.4) is 0 Å². The van der Waals surface area contributed by atoms with Crippen LogP contribution >= 0.6 is 0 Å². The summed E-state index contributed by atoms with van der Waals surface area (Å²) in [6, 6.07) is 5.96. The van der Waals surface area contributed by atoms with E-state index >= 15 is 0 Å². The fraction of sp³-hybridized carbons (Fsp3) is 0.588. The van der Waals surface area contributed by atoms with Crippen LogP contribution in [0.25, 0.3) is 0 Å². The van der Waals surface area contributed by atoms with E-state index in [0.29, 0.717) is 12.5 Å². The second kappa shape index (κ2) is 6.51. The maximum atomic E-state index is 12.4. The summed E-state index contributed by atoms with van der Waals surface area (Å²) in [4.78, 5) is 14.6. The maximum absolute atomic E-state index is 12.4. The minimum absolute atomic E-state index is 0.206. The number of Topliss-reactive ketones (excluding diaryl/α,β-unsaturated/α-hetero) is 1. The monoisotopic (exact) mass is 275 g/mol. The molecule has 3 heteroatoms. The Morgan fingerprint density at radius 3 is 2.75 bits per heavy atom. The molecule has 0 aliphatic carbocycles. The molecule has 1 heterocycles. The van der Waals surface area contributed by atoms with Gasteiger partial charge in [0.05, 0.1) is 12.6 Å². The predicted molar refractivity (Wildman–Crippen MR) is 81.3 cm³/mol. The topological polar surface area (TPSA) is 29.5 Å². The minimum atomic E-state index is 0.206. The van der Waals surface area contributed by atoms with Gasteiger partial charge in [-0.1, -0.05) is 19.1 Å². The number of rotatable bonds is 4. The lowest BCUT2D eigenvalue weighted by molar-refractivity contribution is -0.00324. The maximum Gasteiger partial charge on any atom is 0.176 e. The van der Waals surface area contributed by atoms with Gasteiger partial charge in [-0.25, -0.2) is 0 Å². The van der Waals surface area contributed by atoms with Crippen LogP contribution in [0.1, 0.15) is 34.8 Å². The third kappa shape index (κ3) is 3.47. The molecule has 1 fully saturated rings. The van der Waals surface area contributed by atoms with E-state index in [1.165, 1.54) is 11.1 Å². The van der Waals surface area contributed by atoms with E-state index in [0.717, 1.165) is 25.1 Å². The lowest BCUT2D eigenvalue weighted by Gasteiger charge is -2.35. The molecule has 2 atom stereocenters. The Labute approximate surface area is 121 Å². The highest BCUT2D eigenvalue weighted by Crippen LogP contribution is 2.20. The van der Waals surface area contributed by atoms with Crippen LogP contribution < -0.4 is 0 Å². The van der Waals surface area contributed by atoms with Gasteiger partial charge >= 0.3 is 0 Å². The van der Waals surface area contributed by atoms with Gasteiger partial charge in [0.25, 0.3) is 0 Å². The van der Waals surface area contributed by atoms with Crippen molar-refractivity contribution in [3.63, 3.8) is 0 Å². The van der Waals surface area contributed by atoms with Gasteiger partial charge in [0, 0.05) is 19.2 Å². The highest BCUT2D eigenvalue weighted by Gasteiger charge is 2.27. The highest BCUT2D eigenvalue weighted by molar-refractivity contribution is 5.97. The molecule has 20 heavy (non-hydrogen) atoms. The summed E-state index contributed by atoms with van der Waals surface area (Å²) in [6.45, 7) is 8.67. The largest absolute Gasteiger partial charge is 0.380 e. The van der Waals surface area contributed by atoms with E-state index in [9.17, 15) is 4.79 Å². The first-order chi connectivity index (χ1) is 9.51. The summed E-state index contributed by atoms with van der Waals surface area (Å²) < 4.78 is 5.50. The average molecular weight is 275 g/mol. The lowest BCUT2D eigenvalue weighted by Crippen LogP contribution is -2.45. The van der Waals surface area contributed by atoms with Gasteiger partial charge in [-0.15, -0.1) is 0 Å². The van der Waals surface area contributed by atoms with Crippen molar-refractivity contribution in [3.05, 3.63) is 34.9 Å². The molecule has 1 aliphatic rings. The molecular formula is C17H25NO2. The normalized spacial score (nSPS) is 23.8. The van der Waals surface area contributed by atoms with Crippen LogP contribution in [0, 0.1) is 19.8 Å². The Morgan fingerprint density at radius 1 is 1.35 bits per heavy atom. The van der Waals surface area contributed by atoms with Crippen molar-refractivity contribution >= 4 is 5.78 Å². The van der Waals surface area contributed by atoms with Crippen molar-refractivity contribution in [2.45, 2.75) is 33.3 Å². The number of carbonyl (C=O) groups excluding carboxylic acids is 1. The van der Waals surface area contributed by atoms with E-state index in [2.05, 4.69) is 25.7 Å². The summed E-state index contributed by atoms with van der Waals surface area (Å²) >= 11 is 0. The quantitative estimate of drug-likeness (QED) is 0.791. The van der Waals surface area contributed by atoms with Crippen molar-refractivity contribution in [2.75, 3.05) is 26.7 Å². The van der Waals surface area contributed by atoms with Gasteiger partial charge < -0.3 is 4.74 Å². The molecule has 110 valence electrons. The van der Waals surface area contributed by atoms with Gasteiger partial charge in [-0.2, -0.15) is 0 Å². The number of likely N-dealkylation sites (tertiary alicyclic amines) is 1. The summed E-state index contributed by atoms with van der Waals surface area (Å²) in [7, 11) is 1.76. The van der Waals surface area contributed by atoms with Crippen molar-refractivity contribution in [3.8, 4) is 0 Å². The van der Waals surface area contributed by atoms with Gasteiger partial charge in [0.2, 0.25) is 0 Å². The van der Waals surface area contributed by atoms with Crippen LogP contribution in [-0.2, 0) is 4.74 Å². The van der Waals surface area contributed by atoms with Crippen molar-refractivity contribution < 1.29 is 9.53 Å². The van der Waals surface area contributed by atoms with Crippen LogP contribution in [0.2, 0.25) is 0 Å². The van der Waals surface area contributed by atoms with Crippen molar-refractivity contribution in [1.82, 2.24) is 4.90 Å². The Morgan fingerprint density at radius 2 is 2.10 bits per heavy atom. The first-order valence-corrected chi connectivity index (χ1v) is 7.37. The predicted octanol–water partition coefficient (Wildman–Crippen LogP) is 2.84. The number of ether oxygens (including phenoxy) is 1. The van der Waals surface area contributed by atoms with E-state index in [1.54, 1.807) is 7.11 Å². The Kier molecular flexibility index (Phi) is 4.95. The van der Waals surface area contributed by atoms with Gasteiger partial charge in [0.15, 0.2) is 5.78 Å². The van der Waals surface area contributed by atoms with Gasteiger partial charge in [0.1, 0.15) is 0 Å². The smallest absolute Gasteiger partial charge is 0.176 e. The fourth-order valence-corrected chi connectivity index (χ4v) is 2.76. The van der Waals surface area contributed by atoms with E-state index in [-0.39, 0.29) is 11.9 Å². The molecule has 1 aromatic carbocycles. The molecule has 0 bridgehead atoms. The number of benzene rings is 1. The number of ketones is 1. The van der Waals surface area contributed by atoms with E-state index in [1.807, 2.05) is 18.2 Å². The molecule has 0 radical (unpaired) electrons. The molecular weight excluding hydrogens is 250 g/mol. The first kappa shape index (κ1) is 15.2. The van der Waals surface area contributed by atoms with Crippen molar-refractivity contribution in [2.24, 2.45) is 5.92 Å². The Hall–Kier alpha value is -1.19. The molecule has 2 unspecified atom stereocenters. The molecule has 2 rings (SSSR count). The van der Waals surface area contributed by atoms with Gasteiger partial charge in [-0.05, 0) is 49.9 Å². The summed E-state index contributed by atoms with van der Waals surface area (Å²) in [5, 5.41) is 0. The second-order valence-electron chi connectivity index (χ2n) is 6.00. The molecule has 1 saturated heterocycles. The SMILES string of the molecule is COC1CN(CC(=O)c2ccc(C)c(C)c2)CCC1C. The number of nitrogens with zero attached hydrogens (tertiary/aromatic N) is 1. The summed E-state index contributed by atoms with van der Waals surface area (Å²) in [6.07, 6.45) is 1.34. The molecule has 3 nitrogen and oxygen atoms in total. The molecule has 1 aromatic rings. The van der Waals surface area contributed by atoms with E-state index in [4.69, 9.17) is 4.74 Å². The fourth-order valence-electron chi connectivity index (χ4n) is 2.76. The average Bonchev–Trinajstić information content (AvgIpc) is 2.43. The summed E-state index contributed by atoms with van der Waals surface area (Å²) in [5.74, 6) is 0.783. The summed E-state index contributed by atoms with van der Waals surface area (Å²) in [5.41, 5.74) is 3.23. The molecule has 1 aliphatic heterocycles. The second-order valence-corrected chi connectivity index (χ2v) is 6.00. The first-order valence-electron chi connectivity index (χ1n) is 7.37. The Bertz CT molecular complexity index is 484. The molecule has 0 amide bonds. The van der Waals surface area contributed by atoms with Crippen LogP contribution in [-0.4, -0.2) is 43.5 Å². The number of carbonyl (C=O) groups is 1. The third-order valence-corrected chi connectivity index (χ3v) is 4.47.